The molecule has 1 heterocycles. The lowest BCUT2D eigenvalue weighted by molar-refractivity contribution is 0.170. The van der Waals surface area contributed by atoms with Gasteiger partial charge in [-0.05, 0) is 41.7 Å². The fourth-order valence-electron chi connectivity index (χ4n) is 3.82. The standard InChI is InChI=1S/C23H31N3O3/c1-4-11-24-23(27)25-15-20-19-14-22(29-3)21(28-2)13-18(19)10-12-26(20)16-17-8-6-5-7-9-17/h5-9,13-14,20H,4,10-12,15-16H2,1-3H3,(H2,24,25,27)/t20-/m0/s1. The van der Waals surface area contributed by atoms with E-state index in [1.54, 1.807) is 14.2 Å². The van der Waals surface area contributed by atoms with Gasteiger partial charge in [-0.15, -0.1) is 0 Å². The second kappa shape index (κ2) is 10.2. The van der Waals surface area contributed by atoms with E-state index in [9.17, 15) is 4.79 Å². The van der Waals surface area contributed by atoms with Crippen LogP contribution < -0.4 is 20.1 Å². The summed E-state index contributed by atoms with van der Waals surface area (Å²) >= 11 is 0. The maximum absolute atomic E-state index is 12.2. The fraction of sp³-hybridized carbons (Fsp3) is 0.435. The van der Waals surface area contributed by atoms with Crippen molar-refractivity contribution < 1.29 is 14.3 Å². The smallest absolute Gasteiger partial charge is 0.314 e. The zero-order valence-corrected chi connectivity index (χ0v) is 17.5. The van der Waals surface area contributed by atoms with Crippen molar-refractivity contribution in [2.75, 3.05) is 33.9 Å². The molecule has 0 spiro atoms. The molecule has 6 heteroatoms. The molecule has 2 aromatic rings. The Morgan fingerprint density at radius 1 is 1.10 bits per heavy atom. The van der Waals surface area contributed by atoms with Crippen LogP contribution >= 0.6 is 0 Å². The van der Waals surface area contributed by atoms with Crippen molar-refractivity contribution in [2.45, 2.75) is 32.4 Å². The number of carbonyl (C=O) groups is 1. The van der Waals surface area contributed by atoms with Gasteiger partial charge in [0, 0.05) is 26.2 Å². The number of ether oxygens (including phenoxy) is 2. The van der Waals surface area contributed by atoms with Gasteiger partial charge in [0.15, 0.2) is 11.5 Å². The Labute approximate surface area is 173 Å². The van der Waals surface area contributed by atoms with Gasteiger partial charge in [0.1, 0.15) is 0 Å². The molecule has 156 valence electrons. The number of fused-ring (bicyclic) bond motifs is 1. The number of nitrogens with one attached hydrogen (secondary N) is 2. The van der Waals surface area contributed by atoms with Crippen LogP contribution in [0.3, 0.4) is 0 Å². The Hall–Kier alpha value is -2.73. The maximum Gasteiger partial charge on any atom is 0.314 e. The number of amides is 2. The van der Waals surface area contributed by atoms with E-state index in [1.165, 1.54) is 16.7 Å². The predicted molar refractivity (Wildman–Crippen MR) is 115 cm³/mol. The predicted octanol–water partition coefficient (Wildman–Crippen LogP) is 3.51. The molecular formula is C23H31N3O3. The minimum atomic E-state index is -0.126. The van der Waals surface area contributed by atoms with Crippen LogP contribution in [0.5, 0.6) is 11.5 Å². The van der Waals surface area contributed by atoms with Gasteiger partial charge in [0.25, 0.3) is 0 Å². The third kappa shape index (κ3) is 5.21. The normalized spacial score (nSPS) is 16.0. The summed E-state index contributed by atoms with van der Waals surface area (Å²) < 4.78 is 11.0. The molecule has 0 saturated heterocycles. The molecule has 0 aromatic heterocycles. The van der Waals surface area contributed by atoms with Crippen molar-refractivity contribution in [3.8, 4) is 11.5 Å². The SMILES string of the molecule is CCCNC(=O)NC[C@H]1c2cc(OC)c(OC)cc2CCN1Cc1ccccc1. The summed E-state index contributed by atoms with van der Waals surface area (Å²) in [6, 6.07) is 14.5. The minimum Gasteiger partial charge on any atom is -0.493 e. The molecule has 2 N–H and O–H groups in total. The molecule has 0 bridgehead atoms. The minimum absolute atomic E-state index is 0.0612. The molecule has 0 saturated carbocycles. The van der Waals surface area contributed by atoms with Gasteiger partial charge in [-0.2, -0.15) is 0 Å². The van der Waals surface area contributed by atoms with E-state index < -0.39 is 0 Å². The van der Waals surface area contributed by atoms with Gasteiger partial charge in [0.2, 0.25) is 0 Å². The van der Waals surface area contributed by atoms with E-state index in [0.29, 0.717) is 18.8 Å². The highest BCUT2D eigenvalue weighted by molar-refractivity contribution is 5.73. The van der Waals surface area contributed by atoms with Crippen LogP contribution in [0.15, 0.2) is 42.5 Å². The van der Waals surface area contributed by atoms with Gasteiger partial charge in [-0.3, -0.25) is 4.90 Å². The number of methoxy groups -OCH3 is 2. The Bertz CT molecular complexity index is 811. The van der Waals surface area contributed by atoms with E-state index in [2.05, 4.69) is 51.9 Å². The van der Waals surface area contributed by atoms with Crippen molar-refractivity contribution in [1.82, 2.24) is 15.5 Å². The monoisotopic (exact) mass is 397 g/mol. The number of benzene rings is 2. The van der Waals surface area contributed by atoms with E-state index in [-0.39, 0.29) is 12.1 Å². The molecule has 1 aliphatic rings. The van der Waals surface area contributed by atoms with Gasteiger partial charge in [-0.25, -0.2) is 4.79 Å². The molecule has 3 rings (SSSR count). The number of rotatable bonds is 8. The largest absolute Gasteiger partial charge is 0.493 e. The topological polar surface area (TPSA) is 62.8 Å². The first-order chi connectivity index (χ1) is 14.2. The summed E-state index contributed by atoms with van der Waals surface area (Å²) in [5.41, 5.74) is 3.69. The van der Waals surface area contributed by atoms with Crippen LogP contribution in [0.4, 0.5) is 4.79 Å². The Morgan fingerprint density at radius 2 is 1.83 bits per heavy atom. The Balaban J connectivity index is 1.86. The number of urea groups is 1. The van der Waals surface area contributed by atoms with E-state index in [0.717, 1.165) is 31.7 Å². The fourth-order valence-corrected chi connectivity index (χ4v) is 3.82. The zero-order valence-electron chi connectivity index (χ0n) is 17.5. The highest BCUT2D eigenvalue weighted by Crippen LogP contribution is 2.38. The number of carbonyl (C=O) groups excluding carboxylic acids is 1. The second-order valence-electron chi connectivity index (χ2n) is 7.26. The molecule has 1 aliphatic heterocycles. The first-order valence-corrected chi connectivity index (χ1v) is 10.2. The zero-order chi connectivity index (χ0) is 20.6. The number of hydrogen-bond donors (Lipinski definition) is 2. The number of nitrogens with zero attached hydrogens (tertiary/aromatic N) is 1. The summed E-state index contributed by atoms with van der Waals surface area (Å²) in [6.45, 7) is 4.99. The third-order valence-electron chi connectivity index (χ3n) is 5.33. The van der Waals surface area contributed by atoms with Crippen LogP contribution in [-0.2, 0) is 13.0 Å². The van der Waals surface area contributed by atoms with Gasteiger partial charge in [-0.1, -0.05) is 37.3 Å². The molecule has 29 heavy (non-hydrogen) atoms. The van der Waals surface area contributed by atoms with E-state index in [4.69, 9.17) is 9.47 Å². The lowest BCUT2D eigenvalue weighted by atomic mass is 9.91. The molecule has 0 fully saturated rings. The Kier molecular flexibility index (Phi) is 7.36. The highest BCUT2D eigenvalue weighted by atomic mass is 16.5. The van der Waals surface area contributed by atoms with Crippen molar-refractivity contribution >= 4 is 6.03 Å². The molecular weight excluding hydrogens is 366 g/mol. The molecule has 1 atom stereocenters. The summed E-state index contributed by atoms with van der Waals surface area (Å²) in [6.07, 6.45) is 1.85. The number of hydrogen-bond acceptors (Lipinski definition) is 4. The van der Waals surface area contributed by atoms with Crippen molar-refractivity contribution in [3.05, 3.63) is 59.2 Å². The molecule has 2 aromatic carbocycles. The first-order valence-electron chi connectivity index (χ1n) is 10.2. The third-order valence-corrected chi connectivity index (χ3v) is 5.33. The lowest BCUT2D eigenvalue weighted by Gasteiger charge is -2.38. The molecule has 0 radical (unpaired) electrons. The van der Waals surface area contributed by atoms with E-state index >= 15 is 0 Å². The van der Waals surface area contributed by atoms with Crippen molar-refractivity contribution in [2.24, 2.45) is 0 Å². The quantitative estimate of drug-likeness (QED) is 0.716. The van der Waals surface area contributed by atoms with Crippen LogP contribution in [0, 0.1) is 0 Å². The van der Waals surface area contributed by atoms with Crippen LogP contribution in [0.1, 0.15) is 36.1 Å². The van der Waals surface area contributed by atoms with Crippen LogP contribution in [0.2, 0.25) is 0 Å². The average Bonchev–Trinajstić information content (AvgIpc) is 2.76. The molecule has 2 amide bonds. The summed E-state index contributed by atoms with van der Waals surface area (Å²) in [7, 11) is 3.31. The summed E-state index contributed by atoms with van der Waals surface area (Å²) in [5, 5.41) is 5.93. The van der Waals surface area contributed by atoms with Gasteiger partial charge in [0.05, 0.1) is 20.3 Å². The average molecular weight is 398 g/mol. The Morgan fingerprint density at radius 3 is 2.52 bits per heavy atom. The van der Waals surface area contributed by atoms with Crippen LogP contribution in [-0.4, -0.2) is 44.8 Å². The van der Waals surface area contributed by atoms with Gasteiger partial charge < -0.3 is 20.1 Å². The van der Waals surface area contributed by atoms with Crippen molar-refractivity contribution in [1.29, 1.82) is 0 Å². The lowest BCUT2D eigenvalue weighted by Crippen LogP contribution is -2.44. The van der Waals surface area contributed by atoms with Crippen molar-refractivity contribution in [3.63, 3.8) is 0 Å². The maximum atomic E-state index is 12.2. The molecule has 0 aliphatic carbocycles. The molecule has 6 nitrogen and oxygen atoms in total. The van der Waals surface area contributed by atoms with E-state index in [1.807, 2.05) is 13.0 Å². The van der Waals surface area contributed by atoms with Crippen LogP contribution in [0.25, 0.3) is 0 Å². The molecule has 0 unspecified atom stereocenters. The summed E-state index contributed by atoms with van der Waals surface area (Å²) in [5.74, 6) is 1.46. The van der Waals surface area contributed by atoms with Gasteiger partial charge >= 0.3 is 6.03 Å². The first kappa shape index (κ1) is 21.0. The highest BCUT2D eigenvalue weighted by Gasteiger charge is 2.29. The second-order valence-corrected chi connectivity index (χ2v) is 7.26. The summed E-state index contributed by atoms with van der Waals surface area (Å²) in [4.78, 5) is 14.6.